The molecule has 0 unspecified atom stereocenters. The second-order valence-electron chi connectivity index (χ2n) is 8.11. The van der Waals surface area contributed by atoms with E-state index in [9.17, 15) is 9.59 Å². The standard InChI is InChI=1S/C21H31N3O2.ClH/c1-16(2)19(25)23-15-17-3-5-18(6-4-17)20(26)24-13-9-21(10-14-24)7-11-22-12-8-21;/h3-6,16,22H,7-15H2,1-2H3,(H,23,25);1H. The first-order valence-corrected chi connectivity index (χ1v) is 9.86. The topological polar surface area (TPSA) is 61.4 Å². The Balaban J connectivity index is 0.00000261. The Kier molecular flexibility index (Phi) is 7.68. The van der Waals surface area contributed by atoms with E-state index in [1.54, 1.807) is 0 Å². The summed E-state index contributed by atoms with van der Waals surface area (Å²) >= 11 is 0. The van der Waals surface area contributed by atoms with Gasteiger partial charge in [-0.15, -0.1) is 12.4 Å². The maximum atomic E-state index is 12.8. The molecular formula is C21H32ClN3O2. The van der Waals surface area contributed by atoms with Crippen LogP contribution in [-0.2, 0) is 11.3 Å². The van der Waals surface area contributed by atoms with Crippen molar-refractivity contribution in [2.24, 2.45) is 11.3 Å². The average Bonchev–Trinajstić information content (AvgIpc) is 2.67. The first-order valence-electron chi connectivity index (χ1n) is 9.86. The van der Waals surface area contributed by atoms with E-state index in [4.69, 9.17) is 0 Å². The number of carbonyl (C=O) groups is 2. The van der Waals surface area contributed by atoms with Crippen molar-refractivity contribution >= 4 is 24.2 Å². The summed E-state index contributed by atoms with van der Waals surface area (Å²) in [4.78, 5) is 26.4. The molecule has 0 radical (unpaired) electrons. The Labute approximate surface area is 168 Å². The summed E-state index contributed by atoms with van der Waals surface area (Å²) in [6.45, 7) is 8.22. The maximum absolute atomic E-state index is 12.8. The molecule has 0 aliphatic carbocycles. The van der Waals surface area contributed by atoms with Gasteiger partial charge in [0.2, 0.25) is 5.91 Å². The van der Waals surface area contributed by atoms with Gasteiger partial charge in [-0.3, -0.25) is 9.59 Å². The van der Waals surface area contributed by atoms with Crippen molar-refractivity contribution in [2.75, 3.05) is 26.2 Å². The zero-order valence-corrected chi connectivity index (χ0v) is 17.2. The van der Waals surface area contributed by atoms with Gasteiger partial charge in [-0.1, -0.05) is 26.0 Å². The third-order valence-electron chi connectivity index (χ3n) is 5.97. The van der Waals surface area contributed by atoms with Crippen LogP contribution in [0.25, 0.3) is 0 Å². The van der Waals surface area contributed by atoms with Gasteiger partial charge in [0.1, 0.15) is 0 Å². The van der Waals surface area contributed by atoms with Crippen LogP contribution in [0.4, 0.5) is 0 Å². The molecule has 150 valence electrons. The normalized spacial score (nSPS) is 18.9. The van der Waals surface area contributed by atoms with Gasteiger partial charge in [-0.2, -0.15) is 0 Å². The summed E-state index contributed by atoms with van der Waals surface area (Å²) in [7, 11) is 0. The second-order valence-corrected chi connectivity index (χ2v) is 8.11. The van der Waals surface area contributed by atoms with E-state index in [0.717, 1.165) is 50.1 Å². The molecule has 0 bridgehead atoms. The lowest BCUT2D eigenvalue weighted by Gasteiger charge is -2.44. The van der Waals surface area contributed by atoms with Crippen LogP contribution in [0.2, 0.25) is 0 Å². The van der Waals surface area contributed by atoms with Gasteiger partial charge in [0, 0.05) is 31.1 Å². The fourth-order valence-electron chi connectivity index (χ4n) is 3.98. The number of halogens is 1. The number of amides is 2. The van der Waals surface area contributed by atoms with Crippen LogP contribution >= 0.6 is 12.4 Å². The lowest BCUT2D eigenvalue weighted by molar-refractivity contribution is -0.124. The number of piperidine rings is 2. The van der Waals surface area contributed by atoms with Crippen molar-refractivity contribution in [2.45, 2.75) is 46.1 Å². The van der Waals surface area contributed by atoms with Crippen LogP contribution in [0.5, 0.6) is 0 Å². The van der Waals surface area contributed by atoms with Crippen molar-refractivity contribution in [3.8, 4) is 0 Å². The molecule has 2 aliphatic heterocycles. The fraction of sp³-hybridized carbons (Fsp3) is 0.619. The maximum Gasteiger partial charge on any atom is 0.253 e. The zero-order chi connectivity index (χ0) is 18.6. The minimum atomic E-state index is -0.0156. The number of carbonyl (C=O) groups excluding carboxylic acids is 2. The number of hydrogen-bond acceptors (Lipinski definition) is 3. The highest BCUT2D eigenvalue weighted by Gasteiger charge is 2.36. The molecule has 0 aromatic heterocycles. The summed E-state index contributed by atoms with van der Waals surface area (Å²) in [6.07, 6.45) is 4.73. The molecule has 0 atom stereocenters. The smallest absolute Gasteiger partial charge is 0.253 e. The van der Waals surface area contributed by atoms with Crippen LogP contribution in [0.3, 0.4) is 0 Å². The number of benzene rings is 1. The number of nitrogens with zero attached hydrogens (tertiary/aromatic N) is 1. The van der Waals surface area contributed by atoms with Gasteiger partial charge in [-0.05, 0) is 61.9 Å². The van der Waals surface area contributed by atoms with Crippen molar-refractivity contribution in [1.29, 1.82) is 0 Å². The largest absolute Gasteiger partial charge is 0.352 e. The Morgan fingerprint density at radius 1 is 1.07 bits per heavy atom. The number of hydrogen-bond donors (Lipinski definition) is 2. The molecule has 1 aromatic carbocycles. The van der Waals surface area contributed by atoms with Crippen molar-refractivity contribution in [3.63, 3.8) is 0 Å². The van der Waals surface area contributed by atoms with Gasteiger partial charge >= 0.3 is 0 Å². The zero-order valence-electron chi connectivity index (χ0n) is 16.4. The van der Waals surface area contributed by atoms with Gasteiger partial charge < -0.3 is 15.5 Å². The molecule has 0 saturated carbocycles. The van der Waals surface area contributed by atoms with Crippen LogP contribution in [-0.4, -0.2) is 42.9 Å². The molecule has 2 N–H and O–H groups in total. The van der Waals surface area contributed by atoms with Gasteiger partial charge in [0.15, 0.2) is 0 Å². The van der Waals surface area contributed by atoms with Crippen molar-refractivity contribution < 1.29 is 9.59 Å². The summed E-state index contributed by atoms with van der Waals surface area (Å²) in [5, 5.41) is 6.34. The minimum absolute atomic E-state index is 0. The van der Waals surface area contributed by atoms with E-state index in [1.807, 2.05) is 43.0 Å². The minimum Gasteiger partial charge on any atom is -0.352 e. The molecule has 27 heavy (non-hydrogen) atoms. The van der Waals surface area contributed by atoms with Crippen LogP contribution < -0.4 is 10.6 Å². The SMILES string of the molecule is CC(C)C(=O)NCc1ccc(C(=O)N2CCC3(CCNCC3)CC2)cc1.Cl. The molecule has 2 fully saturated rings. The van der Waals surface area contributed by atoms with Crippen LogP contribution in [0, 0.1) is 11.3 Å². The predicted molar refractivity (Wildman–Crippen MR) is 110 cm³/mol. The van der Waals surface area contributed by atoms with E-state index in [-0.39, 0.29) is 30.1 Å². The van der Waals surface area contributed by atoms with Gasteiger partial charge in [-0.25, -0.2) is 0 Å². The fourth-order valence-corrected chi connectivity index (χ4v) is 3.98. The van der Waals surface area contributed by atoms with Gasteiger partial charge in [0.05, 0.1) is 0 Å². The first-order chi connectivity index (χ1) is 12.5. The summed E-state index contributed by atoms with van der Waals surface area (Å²) in [6, 6.07) is 7.64. The number of nitrogens with one attached hydrogen (secondary N) is 2. The monoisotopic (exact) mass is 393 g/mol. The summed E-state index contributed by atoms with van der Waals surface area (Å²) < 4.78 is 0. The molecular weight excluding hydrogens is 362 g/mol. The number of likely N-dealkylation sites (tertiary alicyclic amines) is 1. The lowest BCUT2D eigenvalue weighted by atomic mass is 9.71. The molecule has 2 amide bonds. The molecule has 1 spiro atoms. The van der Waals surface area contributed by atoms with Crippen LogP contribution in [0.1, 0.15) is 55.5 Å². The molecule has 2 heterocycles. The predicted octanol–water partition coefficient (Wildman–Crippen LogP) is 2.99. The van der Waals surface area contributed by atoms with Crippen LogP contribution in [0.15, 0.2) is 24.3 Å². The summed E-state index contributed by atoms with van der Waals surface area (Å²) in [5.74, 6) is 0.162. The molecule has 3 rings (SSSR count). The Bertz CT molecular complexity index is 629. The Morgan fingerprint density at radius 2 is 1.67 bits per heavy atom. The van der Waals surface area contributed by atoms with Crippen molar-refractivity contribution in [3.05, 3.63) is 35.4 Å². The molecule has 2 aliphatic rings. The second kappa shape index (κ2) is 9.56. The van der Waals surface area contributed by atoms with E-state index < -0.39 is 0 Å². The van der Waals surface area contributed by atoms with E-state index in [0.29, 0.717) is 12.0 Å². The quantitative estimate of drug-likeness (QED) is 0.826. The third kappa shape index (κ3) is 5.45. The van der Waals surface area contributed by atoms with E-state index in [2.05, 4.69) is 10.6 Å². The highest BCUT2D eigenvalue weighted by atomic mass is 35.5. The third-order valence-corrected chi connectivity index (χ3v) is 5.97. The summed E-state index contributed by atoms with van der Waals surface area (Å²) in [5.41, 5.74) is 2.22. The van der Waals surface area contributed by atoms with E-state index in [1.165, 1.54) is 12.8 Å². The number of rotatable bonds is 4. The average molecular weight is 394 g/mol. The molecule has 6 heteroatoms. The van der Waals surface area contributed by atoms with Gasteiger partial charge in [0.25, 0.3) is 5.91 Å². The first kappa shape index (κ1) is 21.7. The lowest BCUT2D eigenvalue weighted by Crippen LogP contribution is -2.47. The molecule has 2 saturated heterocycles. The highest BCUT2D eigenvalue weighted by Crippen LogP contribution is 2.39. The van der Waals surface area contributed by atoms with E-state index >= 15 is 0 Å². The molecule has 1 aromatic rings. The Hall–Kier alpha value is -1.59. The van der Waals surface area contributed by atoms with Crippen molar-refractivity contribution in [1.82, 2.24) is 15.5 Å². The Morgan fingerprint density at radius 3 is 2.22 bits per heavy atom. The molecule has 5 nitrogen and oxygen atoms in total. The highest BCUT2D eigenvalue weighted by molar-refractivity contribution is 5.94.